The quantitative estimate of drug-likeness (QED) is 0.327. The summed E-state index contributed by atoms with van der Waals surface area (Å²) in [6, 6.07) is 13.4. The molecule has 0 atom stereocenters. The third kappa shape index (κ3) is 2.07. The lowest BCUT2D eigenvalue weighted by molar-refractivity contribution is 0.317. The van der Waals surface area contributed by atoms with Crippen LogP contribution in [0.2, 0.25) is 0 Å². The number of para-hydroxylation sites is 2. The molecule has 0 unspecified atom stereocenters. The minimum atomic E-state index is 0.109. The maximum atomic E-state index is 8.74. The van der Waals surface area contributed by atoms with E-state index < -0.39 is 0 Å². The van der Waals surface area contributed by atoms with Crippen molar-refractivity contribution in [2.75, 3.05) is 0 Å². The molecule has 6 nitrogen and oxygen atoms in total. The third-order valence-electron chi connectivity index (χ3n) is 2.98. The molecule has 0 fully saturated rings. The Kier molecular flexibility index (Phi) is 3.04. The third-order valence-corrected chi connectivity index (χ3v) is 2.98. The second kappa shape index (κ2) is 5.00. The first-order valence-corrected chi connectivity index (χ1v) is 6.14. The molecule has 0 aliphatic heterocycles. The minimum Gasteiger partial charge on any atom is -0.409 e. The zero-order chi connectivity index (χ0) is 13.9. The summed E-state index contributed by atoms with van der Waals surface area (Å²) in [4.78, 5) is 8.87. The van der Waals surface area contributed by atoms with E-state index in [1.165, 1.54) is 0 Å². The smallest absolute Gasteiger partial charge is 0.146 e. The number of nitrogens with two attached hydrogens (primary N) is 1. The average molecular weight is 267 g/mol. The van der Waals surface area contributed by atoms with Crippen LogP contribution in [-0.4, -0.2) is 25.6 Å². The minimum absolute atomic E-state index is 0.109. The molecule has 6 heteroatoms. The van der Waals surface area contributed by atoms with Gasteiger partial charge in [0.2, 0.25) is 0 Å². The highest BCUT2D eigenvalue weighted by Gasteiger charge is 2.13. The lowest BCUT2D eigenvalue weighted by Crippen LogP contribution is -2.17. The second-order valence-corrected chi connectivity index (χ2v) is 4.31. The summed E-state index contributed by atoms with van der Waals surface area (Å²) in [5, 5.41) is 11.8. The van der Waals surface area contributed by atoms with Crippen molar-refractivity contribution in [1.82, 2.24) is 14.5 Å². The van der Waals surface area contributed by atoms with E-state index in [1.54, 1.807) is 6.20 Å². The predicted molar refractivity (Wildman–Crippen MR) is 76.0 cm³/mol. The molecular weight excluding hydrogens is 254 g/mol. The number of aromatic nitrogens is 3. The van der Waals surface area contributed by atoms with Gasteiger partial charge in [0.15, 0.2) is 0 Å². The Morgan fingerprint density at radius 1 is 1.20 bits per heavy atom. The number of pyridine rings is 1. The molecule has 100 valence electrons. The number of fused-ring (bicyclic) bond motifs is 1. The van der Waals surface area contributed by atoms with Gasteiger partial charge in [0, 0.05) is 6.20 Å². The normalized spacial score (nSPS) is 11.9. The van der Waals surface area contributed by atoms with Crippen LogP contribution in [0.15, 0.2) is 53.8 Å². The van der Waals surface area contributed by atoms with Crippen molar-refractivity contribution >= 4 is 16.9 Å². The number of imidazole rings is 1. The Balaban J connectivity index is 2.23. The highest BCUT2D eigenvalue weighted by Crippen LogP contribution is 2.20. The fraction of sp³-hybridized carbons (Fsp3) is 0.0714. The standard InChI is InChI=1S/C14H13N5O/c15-12(18-20)9-14-17-10-5-1-2-6-11(10)19(14)13-7-3-4-8-16-13/h1-8,20H,9H2,(H2,15,18). The van der Waals surface area contributed by atoms with Crippen LogP contribution >= 0.6 is 0 Å². The summed E-state index contributed by atoms with van der Waals surface area (Å²) in [7, 11) is 0. The van der Waals surface area contributed by atoms with Crippen LogP contribution in [0.4, 0.5) is 0 Å². The van der Waals surface area contributed by atoms with Crippen LogP contribution in [0, 0.1) is 0 Å². The number of hydrogen-bond acceptors (Lipinski definition) is 4. The lowest BCUT2D eigenvalue weighted by atomic mass is 10.3. The van der Waals surface area contributed by atoms with E-state index in [2.05, 4.69) is 15.1 Å². The molecule has 0 amide bonds. The Labute approximate surface area is 115 Å². The summed E-state index contributed by atoms with van der Waals surface area (Å²) in [6.07, 6.45) is 1.97. The lowest BCUT2D eigenvalue weighted by Gasteiger charge is -2.07. The Morgan fingerprint density at radius 3 is 2.75 bits per heavy atom. The van der Waals surface area contributed by atoms with Crippen LogP contribution < -0.4 is 5.73 Å². The SMILES string of the molecule is N/C(Cc1nc2ccccc2n1-c1ccccn1)=N/O. The van der Waals surface area contributed by atoms with Crippen molar-refractivity contribution in [2.45, 2.75) is 6.42 Å². The molecule has 0 saturated carbocycles. The van der Waals surface area contributed by atoms with Crippen LogP contribution in [0.25, 0.3) is 16.9 Å². The van der Waals surface area contributed by atoms with Gasteiger partial charge in [-0.3, -0.25) is 4.57 Å². The highest BCUT2D eigenvalue weighted by molar-refractivity contribution is 5.84. The summed E-state index contributed by atoms with van der Waals surface area (Å²) < 4.78 is 1.91. The molecule has 0 radical (unpaired) electrons. The van der Waals surface area contributed by atoms with E-state index >= 15 is 0 Å². The molecule has 2 aromatic heterocycles. The van der Waals surface area contributed by atoms with Crippen molar-refractivity contribution in [1.29, 1.82) is 0 Å². The van der Waals surface area contributed by atoms with Gasteiger partial charge in [0.1, 0.15) is 17.5 Å². The second-order valence-electron chi connectivity index (χ2n) is 4.31. The molecule has 1 aromatic carbocycles. The number of oxime groups is 1. The van der Waals surface area contributed by atoms with Gasteiger partial charge < -0.3 is 10.9 Å². The molecule has 0 spiro atoms. The fourth-order valence-corrected chi connectivity index (χ4v) is 2.13. The first-order valence-electron chi connectivity index (χ1n) is 6.14. The van der Waals surface area contributed by atoms with E-state index in [4.69, 9.17) is 10.9 Å². The van der Waals surface area contributed by atoms with Crippen molar-refractivity contribution in [3.05, 3.63) is 54.5 Å². The van der Waals surface area contributed by atoms with E-state index in [9.17, 15) is 0 Å². The van der Waals surface area contributed by atoms with E-state index in [-0.39, 0.29) is 12.3 Å². The fourth-order valence-electron chi connectivity index (χ4n) is 2.13. The summed E-state index contributed by atoms with van der Waals surface area (Å²) in [6.45, 7) is 0. The summed E-state index contributed by atoms with van der Waals surface area (Å²) in [5.41, 5.74) is 7.38. The molecule has 3 aromatic rings. The number of amidine groups is 1. The first-order chi connectivity index (χ1) is 9.79. The molecule has 0 aliphatic rings. The Bertz CT molecular complexity index is 764. The average Bonchev–Trinajstić information content (AvgIpc) is 2.85. The largest absolute Gasteiger partial charge is 0.409 e. The molecule has 0 aliphatic carbocycles. The zero-order valence-electron chi connectivity index (χ0n) is 10.6. The highest BCUT2D eigenvalue weighted by atomic mass is 16.4. The van der Waals surface area contributed by atoms with Crippen molar-refractivity contribution in [3.8, 4) is 5.82 Å². The first kappa shape index (κ1) is 12.2. The van der Waals surface area contributed by atoms with Crippen LogP contribution in [-0.2, 0) is 6.42 Å². The van der Waals surface area contributed by atoms with Crippen LogP contribution in [0.3, 0.4) is 0 Å². The van der Waals surface area contributed by atoms with Crippen molar-refractivity contribution < 1.29 is 5.21 Å². The molecule has 3 N–H and O–H groups in total. The van der Waals surface area contributed by atoms with Gasteiger partial charge in [0.05, 0.1) is 17.5 Å². The maximum absolute atomic E-state index is 8.74. The van der Waals surface area contributed by atoms with E-state index in [0.717, 1.165) is 16.9 Å². The van der Waals surface area contributed by atoms with Gasteiger partial charge in [0.25, 0.3) is 0 Å². The molecule has 3 rings (SSSR count). The Morgan fingerprint density at radius 2 is 2.00 bits per heavy atom. The molecule has 0 bridgehead atoms. The maximum Gasteiger partial charge on any atom is 0.146 e. The van der Waals surface area contributed by atoms with Gasteiger partial charge in [-0.1, -0.05) is 23.4 Å². The number of nitrogens with zero attached hydrogens (tertiary/aromatic N) is 4. The van der Waals surface area contributed by atoms with Gasteiger partial charge in [-0.15, -0.1) is 0 Å². The number of rotatable bonds is 3. The van der Waals surface area contributed by atoms with Crippen molar-refractivity contribution in [3.63, 3.8) is 0 Å². The number of hydrogen-bond donors (Lipinski definition) is 2. The summed E-state index contributed by atoms with van der Waals surface area (Å²) >= 11 is 0. The van der Waals surface area contributed by atoms with Crippen molar-refractivity contribution in [2.24, 2.45) is 10.9 Å². The topological polar surface area (TPSA) is 89.3 Å². The van der Waals surface area contributed by atoms with Gasteiger partial charge in [-0.2, -0.15) is 0 Å². The van der Waals surface area contributed by atoms with Gasteiger partial charge in [-0.05, 0) is 24.3 Å². The van der Waals surface area contributed by atoms with Crippen LogP contribution in [0.1, 0.15) is 5.82 Å². The molecule has 20 heavy (non-hydrogen) atoms. The van der Waals surface area contributed by atoms with E-state index in [0.29, 0.717) is 5.82 Å². The monoisotopic (exact) mass is 267 g/mol. The molecule has 0 saturated heterocycles. The van der Waals surface area contributed by atoms with Gasteiger partial charge >= 0.3 is 0 Å². The molecular formula is C14H13N5O. The Hall–Kier alpha value is -2.89. The summed E-state index contributed by atoms with van der Waals surface area (Å²) in [5.74, 6) is 1.54. The van der Waals surface area contributed by atoms with Gasteiger partial charge in [-0.25, -0.2) is 9.97 Å². The molecule has 2 heterocycles. The van der Waals surface area contributed by atoms with E-state index in [1.807, 2.05) is 47.0 Å². The zero-order valence-corrected chi connectivity index (χ0v) is 10.6. The van der Waals surface area contributed by atoms with Crippen LogP contribution in [0.5, 0.6) is 0 Å². The number of benzene rings is 1. The predicted octanol–water partition coefficient (Wildman–Crippen LogP) is 1.71.